The molecule has 0 unspecified atom stereocenters. The molecule has 2 nitrogen and oxygen atoms in total. The second kappa shape index (κ2) is 7.03. The molecule has 0 saturated heterocycles. The first-order chi connectivity index (χ1) is 7.74. The number of nitrogens with one attached hydrogen (secondary N) is 1. The minimum atomic E-state index is 0.672. The fourth-order valence-electron chi connectivity index (χ4n) is 1.72. The lowest BCUT2D eigenvalue weighted by atomic mass is 10.1. The molecule has 0 amide bonds. The Balaban J connectivity index is 2.25. The molecule has 0 bridgehead atoms. The van der Waals surface area contributed by atoms with Gasteiger partial charge in [0.25, 0.3) is 0 Å². The number of rotatable bonds is 6. The topological polar surface area (TPSA) is 35.8 Å². The molecule has 0 heterocycles. The van der Waals surface area contributed by atoms with Crippen molar-refractivity contribution in [2.24, 2.45) is 0 Å². The van der Waals surface area contributed by atoms with Crippen LogP contribution < -0.4 is 5.32 Å². The van der Waals surface area contributed by atoms with Gasteiger partial charge in [-0.3, -0.25) is 0 Å². The monoisotopic (exact) mass is 216 g/mol. The van der Waals surface area contributed by atoms with E-state index in [0.29, 0.717) is 6.42 Å². The van der Waals surface area contributed by atoms with E-state index in [2.05, 4.69) is 43.4 Å². The molecular weight excluding hydrogens is 196 g/mol. The highest BCUT2D eigenvalue weighted by molar-refractivity contribution is 5.30. The van der Waals surface area contributed by atoms with Crippen molar-refractivity contribution in [3.63, 3.8) is 0 Å². The first-order valence-corrected chi connectivity index (χ1v) is 5.88. The van der Waals surface area contributed by atoms with E-state index in [0.717, 1.165) is 25.9 Å². The third-order valence-electron chi connectivity index (χ3n) is 2.71. The second-order valence-electron chi connectivity index (χ2n) is 4.22. The molecule has 1 rings (SSSR count). The largest absolute Gasteiger partial charge is 0.313 e. The summed E-state index contributed by atoms with van der Waals surface area (Å²) in [4.78, 5) is 0. The van der Waals surface area contributed by atoms with Crippen molar-refractivity contribution in [3.05, 3.63) is 34.9 Å². The molecule has 0 radical (unpaired) electrons. The van der Waals surface area contributed by atoms with Gasteiger partial charge in [-0.25, -0.2) is 0 Å². The van der Waals surface area contributed by atoms with Crippen LogP contribution in [0.5, 0.6) is 0 Å². The highest BCUT2D eigenvalue weighted by atomic mass is 14.8. The Labute approximate surface area is 98.3 Å². The fourth-order valence-corrected chi connectivity index (χ4v) is 1.72. The number of hydrogen-bond acceptors (Lipinski definition) is 2. The average Bonchev–Trinajstić information content (AvgIpc) is 2.26. The molecular formula is C14H20N2. The lowest BCUT2D eigenvalue weighted by Gasteiger charge is -2.08. The minimum Gasteiger partial charge on any atom is -0.313 e. The lowest BCUT2D eigenvalue weighted by molar-refractivity contribution is 0.627. The molecule has 0 atom stereocenters. The van der Waals surface area contributed by atoms with Crippen LogP contribution in [0.1, 0.15) is 36.0 Å². The number of hydrogen-bond donors (Lipinski definition) is 1. The highest BCUT2D eigenvalue weighted by Gasteiger charge is 1.97. The van der Waals surface area contributed by atoms with Gasteiger partial charge >= 0.3 is 0 Å². The van der Waals surface area contributed by atoms with Gasteiger partial charge in [0.15, 0.2) is 0 Å². The summed E-state index contributed by atoms with van der Waals surface area (Å²) in [5.74, 6) is 0. The summed E-state index contributed by atoms with van der Waals surface area (Å²) >= 11 is 0. The van der Waals surface area contributed by atoms with E-state index >= 15 is 0 Å². The summed E-state index contributed by atoms with van der Waals surface area (Å²) in [7, 11) is 0. The molecule has 1 aromatic carbocycles. The van der Waals surface area contributed by atoms with Crippen molar-refractivity contribution >= 4 is 0 Å². The Kier molecular flexibility index (Phi) is 5.60. The van der Waals surface area contributed by atoms with E-state index in [4.69, 9.17) is 5.26 Å². The number of nitrogens with zero attached hydrogens (tertiary/aromatic N) is 1. The molecule has 0 aliphatic heterocycles. The molecule has 0 spiro atoms. The molecule has 1 aromatic rings. The summed E-state index contributed by atoms with van der Waals surface area (Å²) in [6.07, 6.45) is 2.75. The van der Waals surface area contributed by atoms with Crippen molar-refractivity contribution in [2.45, 2.75) is 39.7 Å². The lowest BCUT2D eigenvalue weighted by Crippen LogP contribution is -2.15. The summed E-state index contributed by atoms with van der Waals surface area (Å²) < 4.78 is 0. The first kappa shape index (κ1) is 12.7. The maximum atomic E-state index is 8.39. The minimum absolute atomic E-state index is 0.672. The van der Waals surface area contributed by atoms with Crippen LogP contribution in [-0.2, 0) is 6.54 Å². The molecule has 1 N–H and O–H groups in total. The average molecular weight is 216 g/mol. The van der Waals surface area contributed by atoms with Gasteiger partial charge in [-0.1, -0.05) is 23.8 Å². The Hall–Kier alpha value is -1.33. The van der Waals surface area contributed by atoms with Crippen molar-refractivity contribution in [1.29, 1.82) is 5.26 Å². The zero-order valence-corrected chi connectivity index (χ0v) is 10.2. The van der Waals surface area contributed by atoms with Gasteiger partial charge in [0.1, 0.15) is 0 Å². The molecule has 0 aliphatic carbocycles. The van der Waals surface area contributed by atoms with Crippen LogP contribution in [0.2, 0.25) is 0 Å². The third-order valence-corrected chi connectivity index (χ3v) is 2.71. The van der Waals surface area contributed by atoms with E-state index in [-0.39, 0.29) is 0 Å². The van der Waals surface area contributed by atoms with Gasteiger partial charge < -0.3 is 5.32 Å². The van der Waals surface area contributed by atoms with Crippen LogP contribution in [0.3, 0.4) is 0 Å². The van der Waals surface area contributed by atoms with Crippen molar-refractivity contribution in [3.8, 4) is 6.07 Å². The summed E-state index contributed by atoms with van der Waals surface area (Å²) in [5.41, 5.74) is 4.03. The van der Waals surface area contributed by atoms with E-state index in [1.807, 2.05) is 0 Å². The van der Waals surface area contributed by atoms with Crippen LogP contribution in [-0.4, -0.2) is 6.54 Å². The number of benzene rings is 1. The van der Waals surface area contributed by atoms with E-state index < -0.39 is 0 Å². The Morgan fingerprint density at radius 1 is 1.25 bits per heavy atom. The maximum absolute atomic E-state index is 8.39. The number of nitriles is 1. The van der Waals surface area contributed by atoms with Crippen molar-refractivity contribution in [1.82, 2.24) is 5.32 Å². The third kappa shape index (κ3) is 4.46. The Morgan fingerprint density at radius 3 is 2.75 bits per heavy atom. The van der Waals surface area contributed by atoms with Crippen LogP contribution >= 0.6 is 0 Å². The van der Waals surface area contributed by atoms with Gasteiger partial charge in [0.2, 0.25) is 0 Å². The van der Waals surface area contributed by atoms with Crippen molar-refractivity contribution in [2.75, 3.05) is 6.54 Å². The molecule has 86 valence electrons. The predicted octanol–water partition coefficient (Wildman–Crippen LogP) is 3.09. The summed E-state index contributed by atoms with van der Waals surface area (Å²) in [6, 6.07) is 8.72. The van der Waals surface area contributed by atoms with Crippen LogP contribution in [0.4, 0.5) is 0 Å². The van der Waals surface area contributed by atoms with Crippen LogP contribution in [0.15, 0.2) is 18.2 Å². The van der Waals surface area contributed by atoms with Gasteiger partial charge in [-0.05, 0) is 44.4 Å². The normalized spacial score (nSPS) is 10.1. The SMILES string of the molecule is Cc1ccc(CNCCCCC#N)c(C)c1. The zero-order chi connectivity index (χ0) is 11.8. The molecule has 2 heteroatoms. The summed E-state index contributed by atoms with van der Waals surface area (Å²) in [6.45, 7) is 6.19. The van der Waals surface area contributed by atoms with Crippen molar-refractivity contribution < 1.29 is 0 Å². The molecule has 0 saturated carbocycles. The summed E-state index contributed by atoms with van der Waals surface area (Å²) in [5, 5.41) is 11.8. The number of unbranched alkanes of at least 4 members (excludes halogenated alkanes) is 2. The second-order valence-corrected chi connectivity index (χ2v) is 4.22. The smallest absolute Gasteiger partial charge is 0.0621 e. The first-order valence-electron chi connectivity index (χ1n) is 5.88. The molecule has 0 aromatic heterocycles. The zero-order valence-electron chi connectivity index (χ0n) is 10.2. The molecule has 0 aliphatic rings. The van der Waals surface area contributed by atoms with E-state index in [1.165, 1.54) is 16.7 Å². The van der Waals surface area contributed by atoms with E-state index in [1.54, 1.807) is 0 Å². The Bertz CT molecular complexity index is 363. The van der Waals surface area contributed by atoms with Crippen LogP contribution in [0.25, 0.3) is 0 Å². The maximum Gasteiger partial charge on any atom is 0.0621 e. The van der Waals surface area contributed by atoms with Gasteiger partial charge in [0.05, 0.1) is 6.07 Å². The van der Waals surface area contributed by atoms with E-state index in [9.17, 15) is 0 Å². The van der Waals surface area contributed by atoms with Gasteiger partial charge in [-0.2, -0.15) is 5.26 Å². The molecule has 16 heavy (non-hydrogen) atoms. The standard InChI is InChI=1S/C14H20N2/c1-12-6-7-14(13(2)10-12)11-16-9-5-3-4-8-15/h6-7,10,16H,3-5,9,11H2,1-2H3. The quantitative estimate of drug-likeness (QED) is 0.742. The van der Waals surface area contributed by atoms with Gasteiger partial charge in [0, 0.05) is 13.0 Å². The van der Waals surface area contributed by atoms with Crippen LogP contribution in [0, 0.1) is 25.2 Å². The number of aryl methyl sites for hydroxylation is 2. The van der Waals surface area contributed by atoms with Gasteiger partial charge in [-0.15, -0.1) is 0 Å². The predicted molar refractivity (Wildman–Crippen MR) is 67.1 cm³/mol. The molecule has 0 fully saturated rings. The Morgan fingerprint density at radius 2 is 2.06 bits per heavy atom. The fraction of sp³-hybridized carbons (Fsp3) is 0.500. The highest BCUT2D eigenvalue weighted by Crippen LogP contribution is 2.09.